The molecule has 110 valence electrons. The summed E-state index contributed by atoms with van der Waals surface area (Å²) < 4.78 is 11.1. The minimum atomic E-state index is -0.933. The molecular weight excluding hydrogens is 268 g/mol. The fourth-order valence-corrected chi connectivity index (χ4v) is 2.27. The van der Waals surface area contributed by atoms with Crippen LogP contribution >= 0.6 is 0 Å². The zero-order chi connectivity index (χ0) is 15.4. The van der Waals surface area contributed by atoms with Crippen LogP contribution in [-0.2, 0) is 6.61 Å². The number of para-hydroxylation sites is 1. The van der Waals surface area contributed by atoms with Crippen LogP contribution in [0.3, 0.4) is 0 Å². The van der Waals surface area contributed by atoms with E-state index in [1.165, 1.54) is 0 Å². The highest BCUT2D eigenvalue weighted by molar-refractivity contribution is 5.88. The van der Waals surface area contributed by atoms with Gasteiger partial charge in [-0.1, -0.05) is 18.2 Å². The Morgan fingerprint density at radius 1 is 1.14 bits per heavy atom. The van der Waals surface area contributed by atoms with Gasteiger partial charge < -0.3 is 14.6 Å². The monoisotopic (exact) mass is 286 g/mol. The van der Waals surface area contributed by atoms with Gasteiger partial charge in [-0.05, 0) is 43.2 Å². The van der Waals surface area contributed by atoms with Crippen LogP contribution in [0.2, 0.25) is 0 Å². The van der Waals surface area contributed by atoms with Crippen molar-refractivity contribution in [2.24, 2.45) is 0 Å². The van der Waals surface area contributed by atoms with Crippen LogP contribution in [0, 0.1) is 13.8 Å². The van der Waals surface area contributed by atoms with E-state index in [1.807, 2.05) is 38.1 Å². The number of rotatable bonds is 5. The van der Waals surface area contributed by atoms with E-state index in [2.05, 4.69) is 0 Å². The maximum absolute atomic E-state index is 11.0. The third-order valence-corrected chi connectivity index (χ3v) is 3.27. The van der Waals surface area contributed by atoms with Crippen molar-refractivity contribution in [3.05, 3.63) is 58.7 Å². The Balaban J connectivity index is 2.22. The Bertz CT molecular complexity index is 639. The van der Waals surface area contributed by atoms with E-state index < -0.39 is 5.97 Å². The third kappa shape index (κ3) is 3.34. The summed E-state index contributed by atoms with van der Waals surface area (Å²) in [6.45, 7) is 4.06. The molecule has 0 amide bonds. The number of hydrogen-bond donors (Lipinski definition) is 1. The van der Waals surface area contributed by atoms with E-state index in [0.717, 1.165) is 22.4 Å². The molecule has 0 unspecified atom stereocenters. The zero-order valence-corrected chi connectivity index (χ0v) is 12.3. The van der Waals surface area contributed by atoms with Crippen molar-refractivity contribution in [3.63, 3.8) is 0 Å². The van der Waals surface area contributed by atoms with Crippen molar-refractivity contribution < 1.29 is 19.4 Å². The molecule has 21 heavy (non-hydrogen) atoms. The molecule has 2 rings (SSSR count). The van der Waals surface area contributed by atoms with E-state index in [9.17, 15) is 4.79 Å². The van der Waals surface area contributed by atoms with Gasteiger partial charge in [-0.2, -0.15) is 0 Å². The average Bonchev–Trinajstić information content (AvgIpc) is 2.46. The number of benzene rings is 2. The number of carboxylic acid groups (broad SMARTS) is 1. The first-order chi connectivity index (χ1) is 10.0. The number of hydrogen-bond acceptors (Lipinski definition) is 3. The Morgan fingerprint density at radius 3 is 2.33 bits per heavy atom. The van der Waals surface area contributed by atoms with Crippen LogP contribution in [0.5, 0.6) is 11.5 Å². The van der Waals surface area contributed by atoms with Crippen LogP contribution < -0.4 is 9.47 Å². The van der Waals surface area contributed by atoms with Gasteiger partial charge in [0.15, 0.2) is 0 Å². The molecule has 2 aromatic carbocycles. The molecule has 4 heteroatoms. The van der Waals surface area contributed by atoms with Gasteiger partial charge in [0.2, 0.25) is 0 Å². The van der Waals surface area contributed by atoms with Crippen LogP contribution in [-0.4, -0.2) is 18.2 Å². The molecule has 0 aromatic heterocycles. The fraction of sp³-hybridized carbons (Fsp3) is 0.235. The molecule has 0 radical (unpaired) electrons. The minimum absolute atomic E-state index is 0.273. The summed E-state index contributed by atoms with van der Waals surface area (Å²) in [5.41, 5.74) is 2.83. The van der Waals surface area contributed by atoms with Gasteiger partial charge in [0.05, 0.1) is 12.7 Å². The number of carboxylic acids is 1. The molecule has 0 spiro atoms. The Labute approximate surface area is 123 Å². The number of aromatic carboxylic acids is 1. The molecule has 0 atom stereocenters. The molecule has 0 aliphatic heterocycles. The maximum Gasteiger partial charge on any atom is 0.335 e. The summed E-state index contributed by atoms with van der Waals surface area (Å²) >= 11 is 0. The molecule has 1 N–H and O–H groups in total. The minimum Gasteiger partial charge on any atom is -0.496 e. The standard InChI is InChI=1S/C17H18O4/c1-11-8-14(17(18)19)9-12(2)16(11)21-10-13-6-4-5-7-15(13)20-3/h4-9H,10H2,1-3H3,(H,18,19). The smallest absolute Gasteiger partial charge is 0.335 e. The Kier molecular flexibility index (Phi) is 4.48. The van der Waals surface area contributed by atoms with Crippen LogP contribution in [0.15, 0.2) is 36.4 Å². The predicted molar refractivity (Wildman–Crippen MR) is 80.2 cm³/mol. The van der Waals surface area contributed by atoms with E-state index in [0.29, 0.717) is 12.4 Å². The highest BCUT2D eigenvalue weighted by Gasteiger charge is 2.11. The summed E-state index contributed by atoms with van der Waals surface area (Å²) in [6.07, 6.45) is 0. The van der Waals surface area contributed by atoms with Crippen molar-refractivity contribution >= 4 is 5.97 Å². The number of aryl methyl sites for hydroxylation is 2. The van der Waals surface area contributed by atoms with E-state index in [4.69, 9.17) is 14.6 Å². The molecule has 0 fully saturated rings. The van der Waals surface area contributed by atoms with Gasteiger partial charge in [0.25, 0.3) is 0 Å². The van der Waals surface area contributed by atoms with Gasteiger partial charge in [-0.3, -0.25) is 0 Å². The SMILES string of the molecule is COc1ccccc1COc1c(C)cc(C(=O)O)cc1C. The number of carbonyl (C=O) groups is 1. The quantitative estimate of drug-likeness (QED) is 0.912. The molecule has 4 nitrogen and oxygen atoms in total. The second-order valence-electron chi connectivity index (χ2n) is 4.84. The first-order valence-corrected chi connectivity index (χ1v) is 6.62. The topological polar surface area (TPSA) is 55.8 Å². The lowest BCUT2D eigenvalue weighted by molar-refractivity contribution is 0.0696. The first-order valence-electron chi connectivity index (χ1n) is 6.62. The van der Waals surface area contributed by atoms with Gasteiger partial charge in [0.1, 0.15) is 18.1 Å². The average molecular weight is 286 g/mol. The summed E-state index contributed by atoms with van der Waals surface area (Å²) in [4.78, 5) is 11.0. The van der Waals surface area contributed by atoms with Gasteiger partial charge in [-0.25, -0.2) is 4.79 Å². The van der Waals surface area contributed by atoms with Crippen molar-refractivity contribution in [1.29, 1.82) is 0 Å². The van der Waals surface area contributed by atoms with Crippen molar-refractivity contribution in [2.45, 2.75) is 20.5 Å². The van der Waals surface area contributed by atoms with Gasteiger partial charge >= 0.3 is 5.97 Å². The zero-order valence-electron chi connectivity index (χ0n) is 12.3. The van der Waals surface area contributed by atoms with Crippen LogP contribution in [0.25, 0.3) is 0 Å². The normalized spacial score (nSPS) is 10.2. The molecule has 0 aliphatic carbocycles. The molecule has 0 aliphatic rings. The lowest BCUT2D eigenvalue weighted by atomic mass is 10.1. The van der Waals surface area contributed by atoms with Gasteiger partial charge in [-0.15, -0.1) is 0 Å². The molecule has 0 heterocycles. The lowest BCUT2D eigenvalue weighted by Gasteiger charge is -2.14. The highest BCUT2D eigenvalue weighted by Crippen LogP contribution is 2.27. The fourth-order valence-electron chi connectivity index (χ4n) is 2.27. The van der Waals surface area contributed by atoms with Crippen molar-refractivity contribution in [2.75, 3.05) is 7.11 Å². The molecule has 0 saturated heterocycles. The highest BCUT2D eigenvalue weighted by atomic mass is 16.5. The second-order valence-corrected chi connectivity index (χ2v) is 4.84. The number of ether oxygens (including phenoxy) is 2. The molecule has 2 aromatic rings. The molecule has 0 saturated carbocycles. The maximum atomic E-state index is 11.0. The number of methoxy groups -OCH3 is 1. The largest absolute Gasteiger partial charge is 0.496 e. The first kappa shape index (κ1) is 14.9. The Hall–Kier alpha value is -2.49. The summed E-state index contributed by atoms with van der Waals surface area (Å²) in [7, 11) is 1.62. The lowest BCUT2D eigenvalue weighted by Crippen LogP contribution is -2.03. The van der Waals surface area contributed by atoms with E-state index in [-0.39, 0.29) is 5.56 Å². The van der Waals surface area contributed by atoms with Crippen LogP contribution in [0.4, 0.5) is 0 Å². The van der Waals surface area contributed by atoms with E-state index >= 15 is 0 Å². The Morgan fingerprint density at radius 2 is 1.76 bits per heavy atom. The van der Waals surface area contributed by atoms with Crippen molar-refractivity contribution in [1.82, 2.24) is 0 Å². The summed E-state index contributed by atoms with van der Waals surface area (Å²) in [5.74, 6) is 0.554. The molecular formula is C17H18O4. The predicted octanol–water partition coefficient (Wildman–Crippen LogP) is 3.59. The molecule has 0 bridgehead atoms. The van der Waals surface area contributed by atoms with Crippen molar-refractivity contribution in [3.8, 4) is 11.5 Å². The second kappa shape index (κ2) is 6.31. The third-order valence-electron chi connectivity index (χ3n) is 3.27. The van der Waals surface area contributed by atoms with Crippen LogP contribution in [0.1, 0.15) is 27.0 Å². The van der Waals surface area contributed by atoms with Gasteiger partial charge in [0, 0.05) is 5.56 Å². The summed E-state index contributed by atoms with van der Waals surface area (Å²) in [5, 5.41) is 9.04. The summed E-state index contributed by atoms with van der Waals surface area (Å²) in [6, 6.07) is 10.9. The van der Waals surface area contributed by atoms with E-state index in [1.54, 1.807) is 19.2 Å².